The maximum absolute atomic E-state index is 12.7. The van der Waals surface area contributed by atoms with Crippen molar-refractivity contribution in [2.45, 2.75) is 31.9 Å². The van der Waals surface area contributed by atoms with E-state index in [9.17, 15) is 18.0 Å². The molecule has 0 radical (unpaired) electrons. The minimum Gasteiger partial charge on any atom is -0.378 e. The predicted molar refractivity (Wildman–Crippen MR) is 88.8 cm³/mol. The molecule has 138 valence electrons. The third-order valence-corrected chi connectivity index (χ3v) is 4.32. The van der Waals surface area contributed by atoms with E-state index in [1.54, 1.807) is 0 Å². The number of halogens is 3. The molecule has 9 heteroatoms. The predicted octanol–water partition coefficient (Wildman–Crippen LogP) is 2.75. The lowest BCUT2D eigenvalue weighted by Crippen LogP contribution is -2.33. The van der Waals surface area contributed by atoms with Crippen LogP contribution >= 0.6 is 0 Å². The van der Waals surface area contributed by atoms with Crippen molar-refractivity contribution >= 4 is 0 Å². The lowest BCUT2D eigenvalue weighted by molar-refractivity contribution is -0.138. The standard InChI is InChI=1S/C17H18F3N5O/c1-2-6-24-7-3-12(4-8-24)14-15(26)25(9-5-21-14)16-22-10-13(11-23-16)17(18,19)20/h2,5-6,9-12H,3-4,7-8H2,1H3. The smallest absolute Gasteiger partial charge is 0.378 e. The topological polar surface area (TPSA) is 63.9 Å². The summed E-state index contributed by atoms with van der Waals surface area (Å²) in [5, 5.41) is 0. The number of hydrogen-bond acceptors (Lipinski definition) is 5. The molecule has 0 aromatic carbocycles. The van der Waals surface area contributed by atoms with Gasteiger partial charge in [-0.2, -0.15) is 13.2 Å². The van der Waals surface area contributed by atoms with Crippen molar-refractivity contribution in [1.29, 1.82) is 0 Å². The first-order valence-corrected chi connectivity index (χ1v) is 8.24. The van der Waals surface area contributed by atoms with Gasteiger partial charge in [0.25, 0.3) is 5.56 Å². The number of piperidine rings is 1. The number of likely N-dealkylation sites (tertiary alicyclic amines) is 1. The monoisotopic (exact) mass is 365 g/mol. The molecule has 2 aromatic heterocycles. The number of rotatable bonds is 3. The van der Waals surface area contributed by atoms with E-state index in [-0.39, 0.29) is 11.9 Å². The van der Waals surface area contributed by atoms with Crippen LogP contribution in [0.1, 0.15) is 36.9 Å². The van der Waals surface area contributed by atoms with Gasteiger partial charge in [0.1, 0.15) is 5.69 Å². The molecular weight excluding hydrogens is 347 g/mol. The number of alkyl halides is 3. The zero-order valence-corrected chi connectivity index (χ0v) is 14.1. The first-order chi connectivity index (χ1) is 12.4. The van der Waals surface area contributed by atoms with Gasteiger partial charge in [-0.05, 0) is 26.0 Å². The highest BCUT2D eigenvalue weighted by Gasteiger charge is 2.31. The molecule has 1 fully saturated rings. The van der Waals surface area contributed by atoms with Crippen LogP contribution in [0, 0.1) is 0 Å². The van der Waals surface area contributed by atoms with Crippen LogP contribution in [-0.2, 0) is 6.18 Å². The van der Waals surface area contributed by atoms with Crippen molar-refractivity contribution < 1.29 is 13.2 Å². The van der Waals surface area contributed by atoms with Gasteiger partial charge in [0.2, 0.25) is 5.95 Å². The molecule has 3 rings (SSSR count). The molecule has 2 aromatic rings. The second kappa shape index (κ2) is 7.27. The minimum absolute atomic E-state index is 0.00547. The normalized spacial score (nSPS) is 16.4. The summed E-state index contributed by atoms with van der Waals surface area (Å²) in [5.41, 5.74) is -0.951. The van der Waals surface area contributed by atoms with Crippen LogP contribution in [0.3, 0.4) is 0 Å². The highest BCUT2D eigenvalue weighted by molar-refractivity contribution is 5.19. The molecule has 26 heavy (non-hydrogen) atoms. The molecule has 1 aliphatic rings. The van der Waals surface area contributed by atoms with E-state index in [4.69, 9.17) is 0 Å². The van der Waals surface area contributed by atoms with Crippen LogP contribution in [0.4, 0.5) is 13.2 Å². The Hall–Kier alpha value is -2.71. The Kier molecular flexibility index (Phi) is 5.06. The Labute approximate surface area is 148 Å². The van der Waals surface area contributed by atoms with Crippen LogP contribution in [-0.4, -0.2) is 37.5 Å². The van der Waals surface area contributed by atoms with E-state index in [2.05, 4.69) is 19.9 Å². The van der Waals surface area contributed by atoms with Crippen molar-refractivity contribution in [2.24, 2.45) is 0 Å². The number of nitrogens with zero attached hydrogens (tertiary/aromatic N) is 5. The van der Waals surface area contributed by atoms with Crippen LogP contribution in [0.15, 0.2) is 41.9 Å². The van der Waals surface area contributed by atoms with Gasteiger partial charge < -0.3 is 4.90 Å². The number of allylic oxidation sites excluding steroid dienone is 1. The molecule has 0 atom stereocenters. The fraction of sp³-hybridized carbons (Fsp3) is 0.412. The fourth-order valence-electron chi connectivity index (χ4n) is 2.99. The lowest BCUT2D eigenvalue weighted by Gasteiger charge is -2.30. The largest absolute Gasteiger partial charge is 0.419 e. The van der Waals surface area contributed by atoms with E-state index in [1.165, 1.54) is 12.4 Å². The molecule has 6 nitrogen and oxygen atoms in total. The summed E-state index contributed by atoms with van der Waals surface area (Å²) in [6, 6.07) is 0. The van der Waals surface area contributed by atoms with Crippen molar-refractivity contribution in [3.8, 4) is 5.95 Å². The molecule has 0 saturated carbocycles. The summed E-state index contributed by atoms with van der Waals surface area (Å²) < 4.78 is 39.0. The van der Waals surface area contributed by atoms with Crippen molar-refractivity contribution in [3.05, 3.63) is 58.7 Å². The molecule has 0 spiro atoms. The summed E-state index contributed by atoms with van der Waals surface area (Å²) in [6.07, 6.45) is 5.19. The average molecular weight is 365 g/mol. The third kappa shape index (κ3) is 3.76. The van der Waals surface area contributed by atoms with Gasteiger partial charge in [-0.15, -0.1) is 0 Å². The molecule has 3 heterocycles. The Bertz CT molecular complexity index is 837. The SMILES string of the molecule is CC=CN1CCC(c2nccn(-c3ncc(C(F)(F)F)cn3)c2=O)CC1. The quantitative estimate of drug-likeness (QED) is 0.837. The second-order valence-electron chi connectivity index (χ2n) is 6.05. The van der Waals surface area contributed by atoms with Gasteiger partial charge in [0, 0.05) is 43.8 Å². The van der Waals surface area contributed by atoms with Crippen LogP contribution in [0.5, 0.6) is 0 Å². The average Bonchev–Trinajstić information content (AvgIpc) is 2.62. The summed E-state index contributed by atoms with van der Waals surface area (Å²) in [4.78, 5) is 26.5. The molecule has 0 aliphatic carbocycles. The highest BCUT2D eigenvalue weighted by Crippen LogP contribution is 2.28. The van der Waals surface area contributed by atoms with Gasteiger partial charge in [-0.3, -0.25) is 9.78 Å². The molecule has 0 bridgehead atoms. The Morgan fingerprint density at radius 1 is 1.15 bits per heavy atom. The van der Waals surface area contributed by atoms with Gasteiger partial charge >= 0.3 is 6.18 Å². The fourth-order valence-corrected chi connectivity index (χ4v) is 2.99. The van der Waals surface area contributed by atoms with Crippen molar-refractivity contribution in [2.75, 3.05) is 13.1 Å². The van der Waals surface area contributed by atoms with E-state index in [1.807, 2.05) is 19.2 Å². The summed E-state index contributed by atoms with van der Waals surface area (Å²) in [7, 11) is 0. The van der Waals surface area contributed by atoms with Crippen LogP contribution in [0.2, 0.25) is 0 Å². The third-order valence-electron chi connectivity index (χ3n) is 4.32. The Balaban J connectivity index is 1.85. The molecule has 0 amide bonds. The number of aromatic nitrogens is 4. The molecule has 1 saturated heterocycles. The molecule has 0 N–H and O–H groups in total. The Morgan fingerprint density at radius 3 is 2.38 bits per heavy atom. The van der Waals surface area contributed by atoms with E-state index < -0.39 is 17.3 Å². The van der Waals surface area contributed by atoms with E-state index >= 15 is 0 Å². The highest BCUT2D eigenvalue weighted by atomic mass is 19.4. The van der Waals surface area contributed by atoms with E-state index in [0.29, 0.717) is 18.1 Å². The second-order valence-corrected chi connectivity index (χ2v) is 6.05. The zero-order valence-electron chi connectivity index (χ0n) is 14.1. The summed E-state index contributed by atoms with van der Waals surface area (Å²) >= 11 is 0. The van der Waals surface area contributed by atoms with Crippen molar-refractivity contribution in [1.82, 2.24) is 24.4 Å². The molecule has 1 aliphatic heterocycles. The molecule has 0 unspecified atom stereocenters. The first-order valence-electron chi connectivity index (χ1n) is 8.24. The zero-order chi connectivity index (χ0) is 18.7. The van der Waals surface area contributed by atoms with Gasteiger partial charge in [0.05, 0.1) is 5.56 Å². The number of hydrogen-bond donors (Lipinski definition) is 0. The summed E-state index contributed by atoms with van der Waals surface area (Å²) in [6.45, 7) is 3.59. The lowest BCUT2D eigenvalue weighted by atomic mass is 9.94. The van der Waals surface area contributed by atoms with Crippen LogP contribution < -0.4 is 5.56 Å². The Morgan fingerprint density at radius 2 is 1.81 bits per heavy atom. The van der Waals surface area contributed by atoms with Crippen molar-refractivity contribution in [3.63, 3.8) is 0 Å². The first kappa shape index (κ1) is 18.1. The minimum atomic E-state index is -4.52. The maximum atomic E-state index is 12.7. The van der Waals surface area contributed by atoms with Gasteiger partial charge in [0.15, 0.2) is 0 Å². The maximum Gasteiger partial charge on any atom is 0.419 e. The molecular formula is C17H18F3N5O. The summed E-state index contributed by atoms with van der Waals surface area (Å²) in [5.74, 6) is -0.0936. The van der Waals surface area contributed by atoms with Gasteiger partial charge in [-0.1, -0.05) is 6.08 Å². The van der Waals surface area contributed by atoms with Crippen LogP contribution in [0.25, 0.3) is 5.95 Å². The van der Waals surface area contributed by atoms with E-state index in [0.717, 1.165) is 30.5 Å². The van der Waals surface area contributed by atoms with Gasteiger partial charge in [-0.25, -0.2) is 14.5 Å².